The maximum absolute atomic E-state index is 14.2. The molecule has 0 aromatic heterocycles. The SMILES string of the molecule is CNC(=O)N1C[C@@H](CCO)C[C@@H](C(C(=O)NCc2ccc(OC(F)(F)F)cc2F)C2CC2)C1. The summed E-state index contributed by atoms with van der Waals surface area (Å²) in [6, 6.07) is 2.54. The van der Waals surface area contributed by atoms with Gasteiger partial charge in [-0.25, -0.2) is 9.18 Å². The normalized spacial score (nSPS) is 21.9. The second kappa shape index (κ2) is 10.6. The molecule has 1 aromatic rings. The van der Waals surface area contributed by atoms with Gasteiger partial charge in [-0.05, 0) is 49.5 Å². The molecule has 3 N–H and O–H groups in total. The maximum atomic E-state index is 14.2. The number of carbonyl (C=O) groups is 2. The third kappa shape index (κ3) is 6.96. The molecule has 3 atom stereocenters. The number of piperidine rings is 1. The third-order valence-electron chi connectivity index (χ3n) is 6.26. The molecule has 3 amide bonds. The number of aliphatic hydroxyl groups excluding tert-OH is 1. The predicted molar refractivity (Wildman–Crippen MR) is 110 cm³/mol. The number of aliphatic hydroxyl groups is 1. The number of nitrogens with one attached hydrogen (secondary N) is 2. The third-order valence-corrected chi connectivity index (χ3v) is 6.26. The van der Waals surface area contributed by atoms with Crippen molar-refractivity contribution in [2.45, 2.75) is 38.6 Å². The van der Waals surface area contributed by atoms with Gasteiger partial charge in [-0.2, -0.15) is 0 Å². The van der Waals surface area contributed by atoms with Crippen molar-refractivity contribution in [1.29, 1.82) is 0 Å². The largest absolute Gasteiger partial charge is 0.573 e. The molecule has 1 aliphatic heterocycles. The lowest BCUT2D eigenvalue weighted by atomic mass is 9.77. The molecule has 0 radical (unpaired) electrons. The Morgan fingerprint density at radius 2 is 1.97 bits per heavy atom. The van der Waals surface area contributed by atoms with Gasteiger partial charge in [0.1, 0.15) is 11.6 Å². The molecule has 1 saturated carbocycles. The zero-order valence-corrected chi connectivity index (χ0v) is 18.3. The first-order valence-corrected chi connectivity index (χ1v) is 11.0. The van der Waals surface area contributed by atoms with E-state index in [4.69, 9.17) is 0 Å². The van der Waals surface area contributed by atoms with Crippen molar-refractivity contribution in [1.82, 2.24) is 15.5 Å². The van der Waals surface area contributed by atoms with Crippen LogP contribution in [0.3, 0.4) is 0 Å². The van der Waals surface area contributed by atoms with Gasteiger partial charge in [0.15, 0.2) is 0 Å². The molecule has 7 nitrogen and oxygen atoms in total. The summed E-state index contributed by atoms with van der Waals surface area (Å²) in [5, 5.41) is 14.7. The van der Waals surface area contributed by atoms with E-state index in [1.165, 1.54) is 7.05 Å². The Hall–Kier alpha value is -2.56. The van der Waals surface area contributed by atoms with E-state index >= 15 is 0 Å². The molecule has 184 valence electrons. The molecule has 1 saturated heterocycles. The summed E-state index contributed by atoms with van der Waals surface area (Å²) in [6.07, 6.45) is -1.93. The van der Waals surface area contributed by atoms with Gasteiger partial charge in [-0.15, -0.1) is 13.2 Å². The van der Waals surface area contributed by atoms with Gasteiger partial charge in [0.05, 0.1) is 0 Å². The van der Waals surface area contributed by atoms with Crippen LogP contribution in [0.5, 0.6) is 5.75 Å². The highest BCUT2D eigenvalue weighted by Gasteiger charge is 2.44. The summed E-state index contributed by atoms with van der Waals surface area (Å²) in [5.41, 5.74) is 0.0428. The molecular weight excluding hydrogens is 446 g/mol. The summed E-state index contributed by atoms with van der Waals surface area (Å²) in [4.78, 5) is 27.0. The van der Waals surface area contributed by atoms with Gasteiger partial charge in [0.25, 0.3) is 0 Å². The van der Waals surface area contributed by atoms with Crippen LogP contribution in [0.15, 0.2) is 18.2 Å². The zero-order chi connectivity index (χ0) is 24.2. The summed E-state index contributed by atoms with van der Waals surface area (Å²) in [6.45, 7) is 0.736. The average Bonchev–Trinajstić information content (AvgIpc) is 3.56. The Morgan fingerprint density at radius 3 is 2.55 bits per heavy atom. The van der Waals surface area contributed by atoms with Crippen molar-refractivity contribution >= 4 is 11.9 Å². The number of alkyl halides is 3. The lowest BCUT2D eigenvalue weighted by Crippen LogP contribution is -2.51. The van der Waals surface area contributed by atoms with E-state index in [-0.39, 0.29) is 54.3 Å². The fourth-order valence-electron chi connectivity index (χ4n) is 4.66. The molecular formula is C22H29F4N3O4. The number of ether oxygens (including phenoxy) is 1. The number of nitrogens with zero attached hydrogens (tertiary/aromatic N) is 1. The Bertz CT molecular complexity index is 847. The molecule has 3 rings (SSSR count). The standard InChI is InChI=1S/C22H29F4N3O4/c1-27-21(32)29-11-13(6-7-30)8-16(12-29)19(14-2-3-14)20(31)28-10-15-4-5-17(9-18(15)23)33-22(24,25)26/h4-5,9,13-14,16,19,30H,2-3,6-8,10-12H2,1H3,(H,27,32)(H,28,31)/t13-,16+,19?/m0/s1. The Labute approximate surface area is 189 Å². The van der Waals surface area contributed by atoms with Crippen LogP contribution in [0.25, 0.3) is 0 Å². The number of benzene rings is 1. The summed E-state index contributed by atoms with van der Waals surface area (Å²) in [5.74, 6) is -2.08. The molecule has 1 heterocycles. The summed E-state index contributed by atoms with van der Waals surface area (Å²) in [7, 11) is 1.54. The zero-order valence-electron chi connectivity index (χ0n) is 18.3. The highest BCUT2D eigenvalue weighted by Crippen LogP contribution is 2.44. The number of hydrogen-bond acceptors (Lipinski definition) is 4. The molecule has 2 aliphatic rings. The minimum atomic E-state index is -4.92. The maximum Gasteiger partial charge on any atom is 0.573 e. The quantitative estimate of drug-likeness (QED) is 0.504. The van der Waals surface area contributed by atoms with Gasteiger partial charge in [0, 0.05) is 50.8 Å². The molecule has 1 unspecified atom stereocenters. The van der Waals surface area contributed by atoms with Crippen LogP contribution in [0.2, 0.25) is 0 Å². The van der Waals surface area contributed by atoms with E-state index in [1.54, 1.807) is 4.90 Å². The van der Waals surface area contributed by atoms with Crippen LogP contribution in [-0.4, -0.2) is 55.1 Å². The highest BCUT2D eigenvalue weighted by atomic mass is 19.4. The van der Waals surface area contributed by atoms with Gasteiger partial charge in [-0.1, -0.05) is 6.07 Å². The number of rotatable bonds is 8. The molecule has 1 aromatic carbocycles. The molecule has 0 bridgehead atoms. The fourth-order valence-corrected chi connectivity index (χ4v) is 4.66. The predicted octanol–water partition coefficient (Wildman–Crippen LogP) is 3.03. The first-order chi connectivity index (χ1) is 15.6. The molecule has 2 fully saturated rings. The van der Waals surface area contributed by atoms with E-state index in [1.807, 2.05) is 0 Å². The van der Waals surface area contributed by atoms with Crippen molar-refractivity contribution < 1.29 is 37.0 Å². The van der Waals surface area contributed by atoms with Crippen molar-refractivity contribution in [3.05, 3.63) is 29.6 Å². The summed E-state index contributed by atoms with van der Waals surface area (Å²) < 4.78 is 54.9. The van der Waals surface area contributed by atoms with Crippen molar-refractivity contribution in [3.8, 4) is 5.75 Å². The Morgan fingerprint density at radius 1 is 1.24 bits per heavy atom. The molecule has 33 heavy (non-hydrogen) atoms. The first kappa shape index (κ1) is 25.1. The average molecular weight is 475 g/mol. The van der Waals surface area contributed by atoms with Crippen LogP contribution >= 0.6 is 0 Å². The van der Waals surface area contributed by atoms with Gasteiger partial charge in [0.2, 0.25) is 5.91 Å². The highest BCUT2D eigenvalue weighted by molar-refractivity contribution is 5.80. The van der Waals surface area contributed by atoms with Crippen molar-refractivity contribution in [3.63, 3.8) is 0 Å². The van der Waals surface area contributed by atoms with Crippen LogP contribution in [0, 0.1) is 29.5 Å². The molecule has 11 heteroatoms. The molecule has 1 aliphatic carbocycles. The lowest BCUT2D eigenvalue weighted by Gasteiger charge is -2.40. The van der Waals surface area contributed by atoms with E-state index < -0.39 is 17.9 Å². The minimum absolute atomic E-state index is 0.00735. The minimum Gasteiger partial charge on any atom is -0.406 e. The number of likely N-dealkylation sites (tertiary alicyclic amines) is 1. The van der Waals surface area contributed by atoms with Crippen LogP contribution in [0.4, 0.5) is 22.4 Å². The van der Waals surface area contributed by atoms with Crippen LogP contribution in [0.1, 0.15) is 31.2 Å². The second-order valence-corrected chi connectivity index (χ2v) is 8.72. The van der Waals surface area contributed by atoms with Crippen LogP contribution < -0.4 is 15.4 Å². The lowest BCUT2D eigenvalue weighted by molar-refractivity contribution is -0.274. The summed E-state index contributed by atoms with van der Waals surface area (Å²) >= 11 is 0. The monoisotopic (exact) mass is 475 g/mol. The Balaban J connectivity index is 1.67. The van der Waals surface area contributed by atoms with E-state index in [2.05, 4.69) is 15.4 Å². The van der Waals surface area contributed by atoms with E-state index in [0.29, 0.717) is 32.0 Å². The topological polar surface area (TPSA) is 90.9 Å². The van der Waals surface area contributed by atoms with E-state index in [0.717, 1.165) is 25.0 Å². The second-order valence-electron chi connectivity index (χ2n) is 8.72. The van der Waals surface area contributed by atoms with E-state index in [9.17, 15) is 32.3 Å². The number of hydrogen-bond donors (Lipinski definition) is 3. The van der Waals surface area contributed by atoms with Crippen molar-refractivity contribution in [2.75, 3.05) is 26.7 Å². The van der Waals surface area contributed by atoms with Crippen molar-refractivity contribution in [2.24, 2.45) is 23.7 Å². The number of urea groups is 1. The Kier molecular flexibility index (Phi) is 8.04. The van der Waals surface area contributed by atoms with Gasteiger partial charge >= 0.3 is 12.4 Å². The number of carbonyl (C=O) groups excluding carboxylic acids is 2. The number of amides is 3. The molecule has 0 spiro atoms. The first-order valence-electron chi connectivity index (χ1n) is 11.0. The smallest absolute Gasteiger partial charge is 0.406 e. The van der Waals surface area contributed by atoms with Crippen LogP contribution in [-0.2, 0) is 11.3 Å². The number of halogens is 4. The van der Waals surface area contributed by atoms with Gasteiger partial charge < -0.3 is 25.4 Å². The van der Waals surface area contributed by atoms with Gasteiger partial charge in [-0.3, -0.25) is 4.79 Å². The fraction of sp³-hybridized carbons (Fsp3) is 0.636.